The molecule has 3 nitrogen and oxygen atoms in total. The van der Waals surface area contributed by atoms with Gasteiger partial charge in [0, 0.05) is 12.2 Å². The molecule has 0 aromatic heterocycles. The van der Waals surface area contributed by atoms with Crippen LogP contribution in [0, 0.1) is 0 Å². The molecule has 0 spiro atoms. The molecular weight excluding hydrogens is 308 g/mol. The van der Waals surface area contributed by atoms with E-state index in [-0.39, 0.29) is 36.2 Å². The monoisotopic (exact) mass is 332 g/mol. The Hall–Kier alpha value is -1.84. The van der Waals surface area contributed by atoms with Gasteiger partial charge in [-0.15, -0.1) is 12.4 Å². The van der Waals surface area contributed by atoms with Crippen LogP contribution in [0.15, 0.2) is 54.6 Å². The Morgan fingerprint density at radius 2 is 1.61 bits per heavy atom. The summed E-state index contributed by atoms with van der Waals surface area (Å²) >= 11 is 0. The Balaban J connectivity index is 0.00000264. The van der Waals surface area contributed by atoms with E-state index in [4.69, 9.17) is 5.73 Å². The molecule has 1 amide bonds. The zero-order chi connectivity index (χ0) is 16.2. The van der Waals surface area contributed by atoms with Crippen molar-refractivity contribution in [2.75, 3.05) is 11.9 Å². The van der Waals surface area contributed by atoms with Crippen LogP contribution in [0.4, 0.5) is 5.69 Å². The third kappa shape index (κ3) is 4.81. The van der Waals surface area contributed by atoms with Gasteiger partial charge in [-0.2, -0.15) is 0 Å². The van der Waals surface area contributed by atoms with E-state index in [0.29, 0.717) is 0 Å². The summed E-state index contributed by atoms with van der Waals surface area (Å²) in [5.41, 5.74) is 8.70. The van der Waals surface area contributed by atoms with Crippen LogP contribution in [0.25, 0.3) is 0 Å². The summed E-state index contributed by atoms with van der Waals surface area (Å²) in [5, 5.41) is 3.05. The van der Waals surface area contributed by atoms with Gasteiger partial charge in [-0.1, -0.05) is 69.3 Å². The van der Waals surface area contributed by atoms with Crippen molar-refractivity contribution in [3.8, 4) is 0 Å². The van der Waals surface area contributed by atoms with Crippen LogP contribution in [0.1, 0.15) is 37.8 Å². The Morgan fingerprint density at radius 3 is 2.17 bits per heavy atom. The van der Waals surface area contributed by atoms with E-state index in [1.54, 1.807) is 0 Å². The van der Waals surface area contributed by atoms with Crippen molar-refractivity contribution < 1.29 is 4.79 Å². The van der Waals surface area contributed by atoms with Crippen molar-refractivity contribution in [1.82, 2.24) is 0 Å². The van der Waals surface area contributed by atoms with E-state index >= 15 is 0 Å². The Labute approximate surface area is 144 Å². The minimum atomic E-state index is -0.339. The van der Waals surface area contributed by atoms with Crippen LogP contribution in [0.3, 0.4) is 0 Å². The van der Waals surface area contributed by atoms with E-state index in [1.165, 1.54) is 0 Å². The lowest BCUT2D eigenvalue weighted by atomic mass is 9.85. The minimum Gasteiger partial charge on any atom is -0.329 e. The quantitative estimate of drug-likeness (QED) is 0.886. The SMILES string of the molecule is CC(C)(C)c1ccccc1NC(=O)C(CN)c1ccccc1.Cl. The van der Waals surface area contributed by atoms with E-state index in [9.17, 15) is 4.79 Å². The summed E-state index contributed by atoms with van der Waals surface area (Å²) in [7, 11) is 0. The second-order valence-corrected chi connectivity index (χ2v) is 6.48. The number of carbonyl (C=O) groups excluding carboxylic acids is 1. The normalized spacial score (nSPS) is 12.2. The summed E-state index contributed by atoms with van der Waals surface area (Å²) in [6.45, 7) is 6.69. The predicted molar refractivity (Wildman–Crippen MR) is 99.3 cm³/mol. The standard InChI is InChI=1S/C19H24N2O.ClH/c1-19(2,3)16-11-7-8-12-17(16)21-18(22)15(13-20)14-9-5-4-6-10-14;/h4-12,15H,13,20H2,1-3H3,(H,21,22);1H. The molecule has 3 N–H and O–H groups in total. The van der Waals surface area contributed by atoms with Gasteiger partial charge in [0.1, 0.15) is 0 Å². The number of halogens is 1. The van der Waals surface area contributed by atoms with Crippen molar-refractivity contribution in [3.05, 3.63) is 65.7 Å². The summed E-state index contributed by atoms with van der Waals surface area (Å²) in [4.78, 5) is 12.6. The fourth-order valence-electron chi connectivity index (χ4n) is 2.55. The number of hydrogen-bond acceptors (Lipinski definition) is 2. The highest BCUT2D eigenvalue weighted by molar-refractivity contribution is 5.96. The van der Waals surface area contributed by atoms with Crippen molar-refractivity contribution in [3.63, 3.8) is 0 Å². The Kier molecular flexibility index (Phi) is 6.79. The highest BCUT2D eigenvalue weighted by atomic mass is 35.5. The molecule has 23 heavy (non-hydrogen) atoms. The molecule has 0 aliphatic rings. The average molecular weight is 333 g/mol. The first-order valence-corrected chi connectivity index (χ1v) is 7.59. The summed E-state index contributed by atoms with van der Waals surface area (Å²) < 4.78 is 0. The third-order valence-corrected chi connectivity index (χ3v) is 3.75. The predicted octanol–water partition coefficient (Wildman–Crippen LogP) is 4.09. The summed E-state index contributed by atoms with van der Waals surface area (Å²) in [5.74, 6) is -0.403. The lowest BCUT2D eigenvalue weighted by molar-refractivity contribution is -0.117. The lowest BCUT2D eigenvalue weighted by Crippen LogP contribution is -2.28. The zero-order valence-corrected chi connectivity index (χ0v) is 14.7. The van der Waals surface area contributed by atoms with Gasteiger partial charge in [0.25, 0.3) is 0 Å². The highest BCUT2D eigenvalue weighted by Gasteiger charge is 2.22. The average Bonchev–Trinajstić information content (AvgIpc) is 2.48. The first kappa shape index (κ1) is 19.2. The van der Waals surface area contributed by atoms with Crippen molar-refractivity contribution >= 4 is 24.0 Å². The van der Waals surface area contributed by atoms with Crippen LogP contribution in [0.5, 0.6) is 0 Å². The molecule has 4 heteroatoms. The van der Waals surface area contributed by atoms with Crippen LogP contribution >= 0.6 is 12.4 Å². The molecule has 0 fully saturated rings. The van der Waals surface area contributed by atoms with E-state index in [1.807, 2.05) is 48.5 Å². The maximum atomic E-state index is 12.6. The van der Waals surface area contributed by atoms with E-state index in [0.717, 1.165) is 16.8 Å². The highest BCUT2D eigenvalue weighted by Crippen LogP contribution is 2.30. The fourth-order valence-corrected chi connectivity index (χ4v) is 2.55. The first-order valence-electron chi connectivity index (χ1n) is 7.59. The Morgan fingerprint density at radius 1 is 1.04 bits per heavy atom. The number of nitrogens with two attached hydrogens (primary N) is 1. The number of para-hydroxylation sites is 1. The van der Waals surface area contributed by atoms with Gasteiger partial charge in [-0.3, -0.25) is 4.79 Å². The molecule has 2 aromatic carbocycles. The third-order valence-electron chi connectivity index (χ3n) is 3.75. The number of hydrogen-bond donors (Lipinski definition) is 2. The molecule has 0 saturated carbocycles. The summed E-state index contributed by atoms with van der Waals surface area (Å²) in [6.07, 6.45) is 0. The van der Waals surface area contributed by atoms with Crippen molar-refractivity contribution in [2.24, 2.45) is 5.73 Å². The summed E-state index contributed by atoms with van der Waals surface area (Å²) in [6, 6.07) is 17.6. The molecule has 1 unspecified atom stereocenters. The van der Waals surface area contributed by atoms with Gasteiger partial charge in [0.15, 0.2) is 0 Å². The number of rotatable bonds is 4. The van der Waals surface area contributed by atoms with Gasteiger partial charge in [0.2, 0.25) is 5.91 Å². The number of anilines is 1. The number of amides is 1. The number of carbonyl (C=O) groups is 1. The first-order chi connectivity index (χ1) is 10.4. The van der Waals surface area contributed by atoms with Gasteiger partial charge in [-0.05, 0) is 22.6 Å². The zero-order valence-electron chi connectivity index (χ0n) is 13.9. The largest absolute Gasteiger partial charge is 0.329 e. The van der Waals surface area contributed by atoms with E-state index in [2.05, 4.69) is 32.2 Å². The van der Waals surface area contributed by atoms with Crippen LogP contribution in [0.2, 0.25) is 0 Å². The molecule has 0 aliphatic heterocycles. The second-order valence-electron chi connectivity index (χ2n) is 6.48. The molecule has 0 aliphatic carbocycles. The smallest absolute Gasteiger partial charge is 0.233 e. The van der Waals surface area contributed by atoms with Gasteiger partial charge in [-0.25, -0.2) is 0 Å². The molecule has 124 valence electrons. The molecule has 2 rings (SSSR count). The van der Waals surface area contributed by atoms with Gasteiger partial charge in [0.05, 0.1) is 5.92 Å². The minimum absolute atomic E-state index is 0. The lowest BCUT2D eigenvalue weighted by Gasteiger charge is -2.24. The molecule has 1 atom stereocenters. The topological polar surface area (TPSA) is 55.1 Å². The molecule has 0 heterocycles. The van der Waals surface area contributed by atoms with E-state index < -0.39 is 0 Å². The van der Waals surface area contributed by atoms with Crippen molar-refractivity contribution in [1.29, 1.82) is 0 Å². The fraction of sp³-hybridized carbons (Fsp3) is 0.316. The molecular formula is C19H25ClN2O. The van der Waals surface area contributed by atoms with Gasteiger partial charge < -0.3 is 11.1 Å². The van der Waals surface area contributed by atoms with Gasteiger partial charge >= 0.3 is 0 Å². The Bertz CT molecular complexity index is 635. The molecule has 0 bridgehead atoms. The number of nitrogens with one attached hydrogen (secondary N) is 1. The van der Waals surface area contributed by atoms with Crippen LogP contribution in [-0.2, 0) is 10.2 Å². The van der Waals surface area contributed by atoms with Crippen LogP contribution in [-0.4, -0.2) is 12.5 Å². The number of benzene rings is 2. The molecule has 0 saturated heterocycles. The molecule has 2 aromatic rings. The van der Waals surface area contributed by atoms with Crippen LogP contribution < -0.4 is 11.1 Å². The van der Waals surface area contributed by atoms with Crippen molar-refractivity contribution in [2.45, 2.75) is 32.1 Å². The maximum Gasteiger partial charge on any atom is 0.233 e. The molecule has 0 radical (unpaired) electrons. The maximum absolute atomic E-state index is 12.6. The second kappa shape index (κ2) is 8.14.